The summed E-state index contributed by atoms with van der Waals surface area (Å²) in [5.41, 5.74) is 1.88. The first-order valence-electron chi connectivity index (χ1n) is 8.68. The average Bonchev–Trinajstić information content (AvgIpc) is 3.42. The van der Waals surface area contributed by atoms with E-state index in [1.54, 1.807) is 41.8 Å². The number of para-hydroxylation sites is 2. The van der Waals surface area contributed by atoms with Crippen LogP contribution in [0.4, 0.5) is 0 Å². The quantitative estimate of drug-likeness (QED) is 0.449. The van der Waals surface area contributed by atoms with Gasteiger partial charge in [-0.1, -0.05) is 12.1 Å². The second-order valence-corrected chi connectivity index (χ2v) is 8.14. The minimum Gasteiger partial charge on any atom is -0.497 e. The zero-order valence-electron chi connectivity index (χ0n) is 15.5. The molecule has 0 aliphatic carbocycles. The highest BCUT2D eigenvalue weighted by Crippen LogP contribution is 2.32. The van der Waals surface area contributed by atoms with Gasteiger partial charge in [0.05, 0.1) is 29.2 Å². The van der Waals surface area contributed by atoms with E-state index in [9.17, 15) is 8.42 Å². The molecule has 5 aromatic rings. The number of aromatic nitrogens is 5. The van der Waals surface area contributed by atoms with Crippen molar-refractivity contribution in [1.82, 2.24) is 23.8 Å². The summed E-state index contributed by atoms with van der Waals surface area (Å²) in [7, 11) is -2.43. The summed E-state index contributed by atoms with van der Waals surface area (Å²) in [6, 6.07) is 13.4. The Kier molecular flexibility index (Phi) is 3.71. The Balaban J connectivity index is 1.86. The fraction of sp³-hybridized carbons (Fsp3) is 0.105. The van der Waals surface area contributed by atoms with Crippen LogP contribution in [-0.2, 0) is 10.0 Å². The fourth-order valence-corrected chi connectivity index (χ4v) is 4.80. The summed E-state index contributed by atoms with van der Waals surface area (Å²) in [5.74, 6) is 1.14. The molecule has 0 amide bonds. The second kappa shape index (κ2) is 6.17. The maximum atomic E-state index is 13.6. The number of methoxy groups -OCH3 is 1. The van der Waals surface area contributed by atoms with Gasteiger partial charge in [-0.05, 0) is 36.4 Å². The lowest BCUT2D eigenvalue weighted by Crippen LogP contribution is -2.13. The number of hydrogen-bond donors (Lipinski definition) is 0. The van der Waals surface area contributed by atoms with Gasteiger partial charge < -0.3 is 9.15 Å². The molecule has 0 radical (unpaired) electrons. The Morgan fingerprint density at radius 1 is 1.00 bits per heavy atom. The number of rotatable bonds is 4. The highest BCUT2D eigenvalue weighted by atomic mass is 32.2. The molecule has 0 fully saturated rings. The van der Waals surface area contributed by atoms with E-state index in [2.05, 4.69) is 15.3 Å². The van der Waals surface area contributed by atoms with Gasteiger partial charge in [-0.25, -0.2) is 16.9 Å². The standard InChI is InChI=1S/C19H15N5O4S/c1-12-21-22-18(28-12)15-11-20-23-16-5-3-4-6-17(16)24(19(15)23)29(25,26)14-9-7-13(27-2)8-10-14/h3-11H,1-2H3. The van der Waals surface area contributed by atoms with Gasteiger partial charge in [0.2, 0.25) is 5.89 Å². The normalized spacial score (nSPS) is 12.1. The molecule has 0 aliphatic rings. The van der Waals surface area contributed by atoms with Crippen molar-refractivity contribution < 1.29 is 17.6 Å². The minimum absolute atomic E-state index is 0.121. The molecule has 9 nitrogen and oxygen atoms in total. The Bertz CT molecular complexity index is 1460. The molecule has 0 atom stereocenters. The number of fused-ring (bicyclic) bond motifs is 3. The molecule has 10 heteroatoms. The third-order valence-electron chi connectivity index (χ3n) is 4.62. The molecule has 5 rings (SSSR count). The third kappa shape index (κ3) is 2.53. The van der Waals surface area contributed by atoms with Crippen LogP contribution < -0.4 is 4.74 Å². The van der Waals surface area contributed by atoms with Gasteiger partial charge in [0, 0.05) is 6.92 Å². The Hall–Kier alpha value is -3.66. The summed E-state index contributed by atoms with van der Waals surface area (Å²) in [4.78, 5) is 0.121. The molecule has 3 heterocycles. The van der Waals surface area contributed by atoms with E-state index in [4.69, 9.17) is 9.15 Å². The van der Waals surface area contributed by atoms with Crippen molar-refractivity contribution in [3.05, 3.63) is 60.6 Å². The van der Waals surface area contributed by atoms with Gasteiger partial charge in [-0.3, -0.25) is 0 Å². The average molecular weight is 409 g/mol. The maximum absolute atomic E-state index is 13.6. The second-order valence-electron chi connectivity index (χ2n) is 6.35. The number of benzene rings is 2. The highest BCUT2D eigenvalue weighted by Gasteiger charge is 2.28. The van der Waals surface area contributed by atoms with Gasteiger partial charge in [0.1, 0.15) is 11.3 Å². The van der Waals surface area contributed by atoms with Gasteiger partial charge >= 0.3 is 0 Å². The van der Waals surface area contributed by atoms with E-state index in [0.29, 0.717) is 33.9 Å². The zero-order valence-corrected chi connectivity index (χ0v) is 16.3. The van der Waals surface area contributed by atoms with Crippen molar-refractivity contribution in [2.24, 2.45) is 0 Å². The van der Waals surface area contributed by atoms with Gasteiger partial charge in [0.15, 0.2) is 5.65 Å². The molecule has 0 unspecified atom stereocenters. The summed E-state index contributed by atoms with van der Waals surface area (Å²) in [6.07, 6.45) is 1.52. The molecule has 2 aromatic carbocycles. The lowest BCUT2D eigenvalue weighted by Gasteiger charge is -2.09. The highest BCUT2D eigenvalue weighted by molar-refractivity contribution is 7.90. The van der Waals surface area contributed by atoms with E-state index in [-0.39, 0.29) is 10.8 Å². The van der Waals surface area contributed by atoms with Crippen molar-refractivity contribution in [2.75, 3.05) is 7.11 Å². The summed E-state index contributed by atoms with van der Waals surface area (Å²) < 4.78 is 40.7. The van der Waals surface area contributed by atoms with Crippen molar-refractivity contribution in [3.8, 4) is 17.2 Å². The topological polar surface area (TPSA) is 105 Å². The molecular weight excluding hydrogens is 394 g/mol. The molecular formula is C19H15N5O4S. The summed E-state index contributed by atoms with van der Waals surface area (Å²) >= 11 is 0. The molecule has 0 N–H and O–H groups in total. The van der Waals surface area contributed by atoms with Crippen LogP contribution in [0.2, 0.25) is 0 Å². The largest absolute Gasteiger partial charge is 0.497 e. The van der Waals surface area contributed by atoms with Crippen LogP contribution in [0.5, 0.6) is 5.75 Å². The number of hydrogen-bond acceptors (Lipinski definition) is 7. The minimum atomic E-state index is -3.96. The van der Waals surface area contributed by atoms with E-state index in [0.717, 1.165) is 0 Å². The van der Waals surface area contributed by atoms with E-state index >= 15 is 0 Å². The molecule has 0 aliphatic heterocycles. The predicted molar refractivity (Wildman–Crippen MR) is 104 cm³/mol. The first-order chi connectivity index (χ1) is 14.0. The van der Waals surface area contributed by atoms with E-state index in [1.807, 2.05) is 6.07 Å². The smallest absolute Gasteiger partial charge is 0.269 e. The Labute approximate surface area is 165 Å². The number of ether oxygens (including phenoxy) is 1. The molecule has 0 saturated carbocycles. The molecule has 3 aromatic heterocycles. The van der Waals surface area contributed by atoms with Crippen LogP contribution in [0.25, 0.3) is 28.1 Å². The third-order valence-corrected chi connectivity index (χ3v) is 6.34. The number of nitrogens with zero attached hydrogens (tertiary/aromatic N) is 5. The van der Waals surface area contributed by atoms with Gasteiger partial charge in [-0.15, -0.1) is 10.2 Å². The maximum Gasteiger partial charge on any atom is 0.269 e. The van der Waals surface area contributed by atoms with Crippen molar-refractivity contribution in [2.45, 2.75) is 11.8 Å². The summed E-state index contributed by atoms with van der Waals surface area (Å²) in [5, 5.41) is 12.2. The molecule has 29 heavy (non-hydrogen) atoms. The van der Waals surface area contributed by atoms with Crippen LogP contribution in [0, 0.1) is 6.92 Å². The Morgan fingerprint density at radius 3 is 2.38 bits per heavy atom. The van der Waals surface area contributed by atoms with Crippen molar-refractivity contribution in [1.29, 1.82) is 0 Å². The van der Waals surface area contributed by atoms with Gasteiger partial charge in [-0.2, -0.15) is 5.10 Å². The molecule has 146 valence electrons. The van der Waals surface area contributed by atoms with Crippen LogP contribution in [-0.4, -0.2) is 39.3 Å². The van der Waals surface area contributed by atoms with Crippen LogP contribution in [0.1, 0.15) is 5.89 Å². The SMILES string of the molecule is COc1ccc(S(=O)(=O)n2c3ccccc3n3ncc(-c4nnc(C)o4)c23)cc1. The molecule has 0 saturated heterocycles. The lowest BCUT2D eigenvalue weighted by atomic mass is 10.3. The molecule has 0 bridgehead atoms. The molecule has 0 spiro atoms. The first-order valence-corrected chi connectivity index (χ1v) is 10.1. The fourth-order valence-electron chi connectivity index (χ4n) is 3.30. The number of imidazole rings is 1. The monoisotopic (exact) mass is 409 g/mol. The zero-order chi connectivity index (χ0) is 20.2. The Morgan fingerprint density at radius 2 is 1.72 bits per heavy atom. The lowest BCUT2D eigenvalue weighted by molar-refractivity contribution is 0.414. The van der Waals surface area contributed by atoms with Crippen molar-refractivity contribution in [3.63, 3.8) is 0 Å². The van der Waals surface area contributed by atoms with Crippen LogP contribution >= 0.6 is 0 Å². The first kappa shape index (κ1) is 17.4. The predicted octanol–water partition coefficient (Wildman–Crippen LogP) is 2.89. The van der Waals surface area contributed by atoms with Crippen LogP contribution in [0.3, 0.4) is 0 Å². The van der Waals surface area contributed by atoms with Gasteiger partial charge in [0.25, 0.3) is 15.9 Å². The van der Waals surface area contributed by atoms with Crippen molar-refractivity contribution >= 4 is 26.7 Å². The van der Waals surface area contributed by atoms with E-state index in [1.165, 1.54) is 29.4 Å². The van der Waals surface area contributed by atoms with E-state index < -0.39 is 10.0 Å². The summed E-state index contributed by atoms with van der Waals surface area (Å²) in [6.45, 7) is 1.67. The number of aryl methyl sites for hydroxylation is 1. The van der Waals surface area contributed by atoms with Crippen LogP contribution in [0.15, 0.2) is 64.0 Å².